The maximum absolute atomic E-state index is 11.9. The SMILES string of the molecule is O=C(O)Cc1ccccc1CNC(=O)C1COCCO1. The van der Waals surface area contributed by atoms with Crippen LogP contribution in [0, 0.1) is 0 Å². The van der Waals surface area contributed by atoms with E-state index in [2.05, 4.69) is 5.32 Å². The van der Waals surface area contributed by atoms with Gasteiger partial charge in [0.1, 0.15) is 0 Å². The molecule has 1 fully saturated rings. The fourth-order valence-corrected chi connectivity index (χ4v) is 2.00. The number of rotatable bonds is 5. The summed E-state index contributed by atoms with van der Waals surface area (Å²) < 4.78 is 10.5. The molecule has 0 bridgehead atoms. The Kier molecular flexibility index (Phi) is 5.09. The van der Waals surface area contributed by atoms with E-state index in [9.17, 15) is 9.59 Å². The first-order chi connectivity index (χ1) is 9.66. The highest BCUT2D eigenvalue weighted by atomic mass is 16.6. The second-order valence-electron chi connectivity index (χ2n) is 4.49. The molecule has 2 N–H and O–H groups in total. The summed E-state index contributed by atoms with van der Waals surface area (Å²) in [6.45, 7) is 1.45. The number of amides is 1. The first-order valence-electron chi connectivity index (χ1n) is 6.42. The number of carbonyl (C=O) groups excluding carboxylic acids is 1. The highest BCUT2D eigenvalue weighted by molar-refractivity contribution is 5.81. The Morgan fingerprint density at radius 2 is 2.00 bits per heavy atom. The molecule has 1 aliphatic rings. The Labute approximate surface area is 116 Å². The minimum Gasteiger partial charge on any atom is -0.481 e. The Hall–Kier alpha value is -1.92. The monoisotopic (exact) mass is 279 g/mol. The maximum Gasteiger partial charge on any atom is 0.307 e. The van der Waals surface area contributed by atoms with Crippen LogP contribution in [0.15, 0.2) is 24.3 Å². The maximum atomic E-state index is 11.9. The Morgan fingerprint density at radius 1 is 1.25 bits per heavy atom. The van der Waals surface area contributed by atoms with Gasteiger partial charge in [0.15, 0.2) is 6.10 Å². The van der Waals surface area contributed by atoms with E-state index in [-0.39, 0.29) is 25.5 Å². The third-order valence-corrected chi connectivity index (χ3v) is 3.02. The summed E-state index contributed by atoms with van der Waals surface area (Å²) in [5.74, 6) is -1.14. The molecular formula is C14H17NO5. The number of carboxylic acid groups (broad SMARTS) is 1. The molecule has 1 aromatic carbocycles. The van der Waals surface area contributed by atoms with Gasteiger partial charge in [-0.15, -0.1) is 0 Å². The quantitative estimate of drug-likeness (QED) is 0.812. The van der Waals surface area contributed by atoms with Gasteiger partial charge in [-0.3, -0.25) is 9.59 Å². The summed E-state index contributed by atoms with van der Waals surface area (Å²) in [5, 5.41) is 11.6. The predicted molar refractivity (Wildman–Crippen MR) is 70.2 cm³/mol. The second kappa shape index (κ2) is 7.02. The van der Waals surface area contributed by atoms with Crippen molar-refractivity contribution in [1.82, 2.24) is 5.32 Å². The van der Waals surface area contributed by atoms with Gasteiger partial charge in [0.05, 0.1) is 26.2 Å². The highest BCUT2D eigenvalue weighted by Crippen LogP contribution is 2.10. The van der Waals surface area contributed by atoms with Crippen molar-refractivity contribution < 1.29 is 24.2 Å². The number of hydrogen-bond donors (Lipinski definition) is 2. The fourth-order valence-electron chi connectivity index (χ4n) is 2.00. The van der Waals surface area contributed by atoms with Gasteiger partial charge in [-0.25, -0.2) is 0 Å². The van der Waals surface area contributed by atoms with Gasteiger partial charge in [0.25, 0.3) is 5.91 Å². The molecule has 6 heteroatoms. The summed E-state index contributed by atoms with van der Waals surface area (Å²) in [5.41, 5.74) is 1.49. The van der Waals surface area contributed by atoms with E-state index >= 15 is 0 Å². The number of carboxylic acids is 1. The number of benzene rings is 1. The van der Waals surface area contributed by atoms with E-state index in [1.165, 1.54) is 0 Å². The molecule has 0 aliphatic carbocycles. The molecular weight excluding hydrogens is 262 g/mol. The lowest BCUT2D eigenvalue weighted by atomic mass is 10.0. The van der Waals surface area contributed by atoms with Crippen molar-refractivity contribution in [2.75, 3.05) is 19.8 Å². The molecule has 1 unspecified atom stereocenters. The summed E-state index contributed by atoms with van der Waals surface area (Å²) in [6, 6.07) is 7.14. The molecule has 108 valence electrons. The van der Waals surface area contributed by atoms with Crippen LogP contribution >= 0.6 is 0 Å². The van der Waals surface area contributed by atoms with Crippen LogP contribution in [0.5, 0.6) is 0 Å². The van der Waals surface area contributed by atoms with Crippen LogP contribution in [0.4, 0.5) is 0 Å². The van der Waals surface area contributed by atoms with Gasteiger partial charge < -0.3 is 19.9 Å². The molecule has 20 heavy (non-hydrogen) atoms. The van der Waals surface area contributed by atoms with Gasteiger partial charge in [0.2, 0.25) is 0 Å². The number of ether oxygens (including phenoxy) is 2. The molecule has 2 rings (SSSR count). The molecule has 0 radical (unpaired) electrons. The molecule has 1 aromatic rings. The minimum absolute atomic E-state index is 0.0604. The smallest absolute Gasteiger partial charge is 0.307 e. The second-order valence-corrected chi connectivity index (χ2v) is 4.49. The zero-order chi connectivity index (χ0) is 14.4. The Balaban J connectivity index is 1.92. The van der Waals surface area contributed by atoms with Crippen molar-refractivity contribution in [2.24, 2.45) is 0 Å². The normalized spacial score (nSPS) is 18.5. The van der Waals surface area contributed by atoms with E-state index in [0.717, 1.165) is 5.56 Å². The van der Waals surface area contributed by atoms with Gasteiger partial charge in [-0.1, -0.05) is 24.3 Å². The average Bonchev–Trinajstić information content (AvgIpc) is 2.46. The van der Waals surface area contributed by atoms with Crippen LogP contribution < -0.4 is 5.32 Å². The van der Waals surface area contributed by atoms with Crippen LogP contribution in [0.3, 0.4) is 0 Å². The van der Waals surface area contributed by atoms with Gasteiger partial charge in [0, 0.05) is 6.54 Å². The average molecular weight is 279 g/mol. The van der Waals surface area contributed by atoms with E-state index in [1.54, 1.807) is 18.2 Å². The molecule has 0 saturated carbocycles. The Bertz CT molecular complexity index is 482. The standard InChI is InChI=1S/C14H17NO5/c16-13(17)7-10-3-1-2-4-11(10)8-15-14(18)12-9-19-5-6-20-12/h1-4,12H,5-9H2,(H,15,18)(H,16,17). The molecule has 1 heterocycles. The van der Waals surface area contributed by atoms with Crippen LogP contribution in [0.2, 0.25) is 0 Å². The van der Waals surface area contributed by atoms with Crippen molar-refractivity contribution in [3.8, 4) is 0 Å². The van der Waals surface area contributed by atoms with E-state index in [4.69, 9.17) is 14.6 Å². The van der Waals surface area contributed by atoms with Crippen molar-refractivity contribution in [2.45, 2.75) is 19.1 Å². The Morgan fingerprint density at radius 3 is 2.65 bits per heavy atom. The summed E-state index contributed by atoms with van der Waals surface area (Å²) in [4.78, 5) is 22.7. The van der Waals surface area contributed by atoms with Crippen molar-refractivity contribution >= 4 is 11.9 Å². The largest absolute Gasteiger partial charge is 0.481 e. The molecule has 0 aromatic heterocycles. The van der Waals surface area contributed by atoms with Crippen molar-refractivity contribution in [1.29, 1.82) is 0 Å². The van der Waals surface area contributed by atoms with Crippen LogP contribution in [-0.2, 0) is 32.0 Å². The summed E-state index contributed by atoms with van der Waals surface area (Å²) in [7, 11) is 0. The summed E-state index contributed by atoms with van der Waals surface area (Å²) in [6.07, 6.45) is -0.648. The first kappa shape index (κ1) is 14.5. The lowest BCUT2D eigenvalue weighted by Gasteiger charge is -2.22. The van der Waals surface area contributed by atoms with Crippen LogP contribution in [-0.4, -0.2) is 42.9 Å². The first-order valence-corrected chi connectivity index (χ1v) is 6.42. The van der Waals surface area contributed by atoms with Crippen molar-refractivity contribution in [3.63, 3.8) is 0 Å². The zero-order valence-electron chi connectivity index (χ0n) is 11.0. The van der Waals surface area contributed by atoms with Gasteiger partial charge in [-0.2, -0.15) is 0 Å². The zero-order valence-corrected chi connectivity index (χ0v) is 11.0. The van der Waals surface area contributed by atoms with Crippen LogP contribution in [0.1, 0.15) is 11.1 Å². The third-order valence-electron chi connectivity index (χ3n) is 3.02. The van der Waals surface area contributed by atoms with Gasteiger partial charge >= 0.3 is 5.97 Å². The molecule has 6 nitrogen and oxygen atoms in total. The molecule has 1 aliphatic heterocycles. The predicted octanol–water partition coefficient (Wildman–Crippen LogP) is 0.345. The van der Waals surface area contributed by atoms with E-state index < -0.39 is 12.1 Å². The molecule has 1 atom stereocenters. The number of nitrogens with one attached hydrogen (secondary N) is 1. The lowest BCUT2D eigenvalue weighted by molar-refractivity contribution is -0.147. The molecule has 0 spiro atoms. The minimum atomic E-state index is -0.896. The van der Waals surface area contributed by atoms with Gasteiger partial charge in [-0.05, 0) is 11.1 Å². The highest BCUT2D eigenvalue weighted by Gasteiger charge is 2.22. The lowest BCUT2D eigenvalue weighted by Crippen LogP contribution is -2.42. The third kappa shape index (κ3) is 4.04. The fraction of sp³-hybridized carbons (Fsp3) is 0.429. The van der Waals surface area contributed by atoms with Crippen LogP contribution in [0.25, 0.3) is 0 Å². The van der Waals surface area contributed by atoms with E-state index in [1.807, 2.05) is 6.07 Å². The molecule has 1 amide bonds. The van der Waals surface area contributed by atoms with E-state index in [0.29, 0.717) is 18.8 Å². The summed E-state index contributed by atoms with van der Waals surface area (Å²) >= 11 is 0. The van der Waals surface area contributed by atoms with Crippen molar-refractivity contribution in [3.05, 3.63) is 35.4 Å². The number of carbonyl (C=O) groups is 2. The number of hydrogen-bond acceptors (Lipinski definition) is 4. The topological polar surface area (TPSA) is 84.9 Å². The number of aliphatic carboxylic acids is 1. The molecule has 1 saturated heterocycles.